The number of rotatable bonds is 1. The fourth-order valence-electron chi connectivity index (χ4n) is 1.59. The van der Waals surface area contributed by atoms with Crippen LogP contribution in [0.25, 0.3) is 11.1 Å². The van der Waals surface area contributed by atoms with Crippen LogP contribution in [0.3, 0.4) is 0 Å². The molecule has 0 bridgehead atoms. The summed E-state index contributed by atoms with van der Waals surface area (Å²) in [6.07, 6.45) is 0. The summed E-state index contributed by atoms with van der Waals surface area (Å²) in [5, 5.41) is 0. The molecule has 0 atom stereocenters. The van der Waals surface area contributed by atoms with Crippen molar-refractivity contribution in [3.8, 4) is 11.1 Å². The van der Waals surface area contributed by atoms with Crippen LogP contribution in [0.1, 0.15) is 5.56 Å². The molecule has 76 valence electrons. The lowest BCUT2D eigenvalue weighted by molar-refractivity contribution is 1.47. The van der Waals surface area contributed by atoms with Gasteiger partial charge >= 0.3 is 0 Å². The summed E-state index contributed by atoms with van der Waals surface area (Å²) in [5.74, 6) is 0. The molecule has 2 nitrogen and oxygen atoms in total. The van der Waals surface area contributed by atoms with Gasteiger partial charge in [-0.15, -0.1) is 0 Å². The summed E-state index contributed by atoms with van der Waals surface area (Å²) in [6.45, 7) is 2.07. The first-order valence-corrected chi connectivity index (χ1v) is 4.88. The number of hydrogen-bond donors (Lipinski definition) is 2. The molecule has 0 spiro atoms. The van der Waals surface area contributed by atoms with E-state index in [-0.39, 0.29) is 0 Å². The summed E-state index contributed by atoms with van der Waals surface area (Å²) in [6, 6.07) is 13.9. The molecular formula is C13H14N2. The van der Waals surface area contributed by atoms with E-state index in [0.717, 1.165) is 11.1 Å². The molecular weight excluding hydrogens is 184 g/mol. The number of nitrogens with two attached hydrogens (primary N) is 2. The minimum absolute atomic E-state index is 0.700. The summed E-state index contributed by atoms with van der Waals surface area (Å²) in [7, 11) is 0. The Hall–Kier alpha value is -1.96. The van der Waals surface area contributed by atoms with E-state index in [9.17, 15) is 0 Å². The van der Waals surface area contributed by atoms with Crippen LogP contribution < -0.4 is 11.5 Å². The van der Waals surface area contributed by atoms with Crippen LogP contribution in [0.15, 0.2) is 42.5 Å². The number of aryl methyl sites for hydroxylation is 1. The highest BCUT2D eigenvalue weighted by molar-refractivity contribution is 5.72. The minimum atomic E-state index is 0.700. The Bertz CT molecular complexity index is 452. The summed E-state index contributed by atoms with van der Waals surface area (Å²) in [5.41, 5.74) is 16.3. The standard InChI is InChI=1S/C13H14N2/c1-9-2-4-10(5-3-9)11-6-12(14)8-13(15)7-11/h2-8H,14-15H2,1H3. The van der Waals surface area contributed by atoms with Gasteiger partial charge < -0.3 is 11.5 Å². The molecule has 0 aliphatic carbocycles. The number of hydrogen-bond acceptors (Lipinski definition) is 2. The van der Waals surface area contributed by atoms with Gasteiger partial charge in [0, 0.05) is 11.4 Å². The monoisotopic (exact) mass is 198 g/mol. The number of anilines is 2. The van der Waals surface area contributed by atoms with Crippen molar-refractivity contribution >= 4 is 11.4 Å². The SMILES string of the molecule is Cc1ccc(-c2cc(N)cc(N)c2)cc1. The number of benzene rings is 2. The molecule has 0 radical (unpaired) electrons. The molecule has 4 N–H and O–H groups in total. The summed E-state index contributed by atoms with van der Waals surface area (Å²) >= 11 is 0. The van der Waals surface area contributed by atoms with Crippen LogP contribution in [0.2, 0.25) is 0 Å². The molecule has 2 rings (SSSR count). The van der Waals surface area contributed by atoms with Gasteiger partial charge in [0.2, 0.25) is 0 Å². The molecule has 15 heavy (non-hydrogen) atoms. The van der Waals surface area contributed by atoms with Gasteiger partial charge in [-0.3, -0.25) is 0 Å². The zero-order valence-corrected chi connectivity index (χ0v) is 8.70. The van der Waals surface area contributed by atoms with E-state index in [1.807, 2.05) is 12.1 Å². The van der Waals surface area contributed by atoms with Crippen LogP contribution in [0, 0.1) is 6.92 Å². The predicted octanol–water partition coefficient (Wildman–Crippen LogP) is 2.83. The van der Waals surface area contributed by atoms with E-state index in [1.54, 1.807) is 6.07 Å². The maximum Gasteiger partial charge on any atom is 0.0340 e. The Morgan fingerprint density at radius 3 is 1.80 bits per heavy atom. The second-order valence-corrected chi connectivity index (χ2v) is 3.75. The molecule has 0 saturated heterocycles. The maximum atomic E-state index is 5.75. The van der Waals surface area contributed by atoms with Gasteiger partial charge in [-0.25, -0.2) is 0 Å². The van der Waals surface area contributed by atoms with E-state index in [4.69, 9.17) is 11.5 Å². The van der Waals surface area contributed by atoms with Crippen LogP contribution in [0.4, 0.5) is 11.4 Å². The van der Waals surface area contributed by atoms with E-state index in [1.165, 1.54) is 5.56 Å². The van der Waals surface area contributed by atoms with Gasteiger partial charge in [-0.2, -0.15) is 0 Å². The van der Waals surface area contributed by atoms with Crippen molar-refractivity contribution in [2.75, 3.05) is 11.5 Å². The molecule has 0 unspecified atom stereocenters. The van der Waals surface area contributed by atoms with Gasteiger partial charge in [0.1, 0.15) is 0 Å². The average molecular weight is 198 g/mol. The highest BCUT2D eigenvalue weighted by Gasteiger charge is 1.99. The highest BCUT2D eigenvalue weighted by Crippen LogP contribution is 2.24. The summed E-state index contributed by atoms with van der Waals surface area (Å²) in [4.78, 5) is 0. The van der Waals surface area contributed by atoms with Crippen LogP contribution >= 0.6 is 0 Å². The molecule has 0 heterocycles. The third-order valence-electron chi connectivity index (χ3n) is 2.36. The van der Waals surface area contributed by atoms with Crippen LogP contribution in [0.5, 0.6) is 0 Å². The molecule has 2 aromatic rings. The van der Waals surface area contributed by atoms with Crippen molar-refractivity contribution in [1.29, 1.82) is 0 Å². The van der Waals surface area contributed by atoms with Crippen LogP contribution in [-0.2, 0) is 0 Å². The third kappa shape index (κ3) is 2.10. The van der Waals surface area contributed by atoms with Crippen molar-refractivity contribution in [3.63, 3.8) is 0 Å². The summed E-state index contributed by atoms with van der Waals surface area (Å²) < 4.78 is 0. The molecule has 0 aliphatic rings. The van der Waals surface area contributed by atoms with E-state index >= 15 is 0 Å². The molecule has 0 amide bonds. The normalized spacial score (nSPS) is 10.2. The van der Waals surface area contributed by atoms with Gasteiger partial charge in [0.05, 0.1) is 0 Å². The third-order valence-corrected chi connectivity index (χ3v) is 2.36. The van der Waals surface area contributed by atoms with Gasteiger partial charge in [0.15, 0.2) is 0 Å². The zero-order valence-electron chi connectivity index (χ0n) is 8.70. The lowest BCUT2D eigenvalue weighted by atomic mass is 10.0. The Balaban J connectivity index is 2.49. The first kappa shape index (κ1) is 9.59. The topological polar surface area (TPSA) is 52.0 Å². The Morgan fingerprint density at radius 2 is 1.27 bits per heavy atom. The average Bonchev–Trinajstić information content (AvgIpc) is 2.17. The smallest absolute Gasteiger partial charge is 0.0340 e. The van der Waals surface area contributed by atoms with Gasteiger partial charge in [-0.05, 0) is 36.2 Å². The van der Waals surface area contributed by atoms with Gasteiger partial charge in [-0.1, -0.05) is 29.8 Å². The van der Waals surface area contributed by atoms with Crippen molar-refractivity contribution < 1.29 is 0 Å². The van der Waals surface area contributed by atoms with Crippen molar-refractivity contribution in [2.24, 2.45) is 0 Å². The predicted molar refractivity (Wildman–Crippen MR) is 65.4 cm³/mol. The largest absolute Gasteiger partial charge is 0.399 e. The quantitative estimate of drug-likeness (QED) is 0.692. The Labute approximate surface area is 89.5 Å². The van der Waals surface area contributed by atoms with Gasteiger partial charge in [0.25, 0.3) is 0 Å². The lowest BCUT2D eigenvalue weighted by Gasteiger charge is -2.05. The Morgan fingerprint density at radius 1 is 0.733 bits per heavy atom. The number of nitrogen functional groups attached to an aromatic ring is 2. The molecule has 0 aliphatic heterocycles. The van der Waals surface area contributed by atoms with Crippen molar-refractivity contribution in [1.82, 2.24) is 0 Å². The van der Waals surface area contributed by atoms with Crippen molar-refractivity contribution in [3.05, 3.63) is 48.0 Å². The fraction of sp³-hybridized carbons (Fsp3) is 0.0769. The van der Waals surface area contributed by atoms with E-state index < -0.39 is 0 Å². The Kier molecular flexibility index (Phi) is 2.34. The minimum Gasteiger partial charge on any atom is -0.399 e. The highest BCUT2D eigenvalue weighted by atomic mass is 14.6. The first-order valence-electron chi connectivity index (χ1n) is 4.88. The fourth-order valence-corrected chi connectivity index (χ4v) is 1.59. The van der Waals surface area contributed by atoms with Crippen molar-refractivity contribution in [2.45, 2.75) is 6.92 Å². The second-order valence-electron chi connectivity index (χ2n) is 3.75. The molecule has 2 aromatic carbocycles. The molecule has 0 fully saturated rings. The van der Waals surface area contributed by atoms with E-state index in [0.29, 0.717) is 11.4 Å². The lowest BCUT2D eigenvalue weighted by Crippen LogP contribution is -1.91. The molecule has 0 saturated carbocycles. The molecule has 2 heteroatoms. The molecule has 0 aromatic heterocycles. The maximum absolute atomic E-state index is 5.75. The second kappa shape index (κ2) is 3.65. The van der Waals surface area contributed by atoms with Crippen LogP contribution in [-0.4, -0.2) is 0 Å². The zero-order chi connectivity index (χ0) is 10.8. The van der Waals surface area contributed by atoms with E-state index in [2.05, 4.69) is 31.2 Å². The first-order chi connectivity index (χ1) is 7.15.